The molecule has 72 valence electrons. The fourth-order valence-corrected chi connectivity index (χ4v) is 1.66. The summed E-state index contributed by atoms with van der Waals surface area (Å²) in [5.74, 6) is 0. The zero-order valence-electron chi connectivity index (χ0n) is 8.21. The van der Waals surface area contributed by atoms with Gasteiger partial charge in [0.25, 0.3) is 0 Å². The molecule has 0 saturated carbocycles. The molecule has 1 saturated heterocycles. The fraction of sp³-hybridized carbons (Fsp3) is 1.00. The largest absolute Gasteiger partial charge is 0.395 e. The maximum Gasteiger partial charge on any atom is 0.115 e. The summed E-state index contributed by atoms with van der Waals surface area (Å²) in [6.07, 6.45) is 0.171. The molecule has 0 spiro atoms. The van der Waals surface area contributed by atoms with Crippen LogP contribution >= 0.6 is 0 Å². The van der Waals surface area contributed by atoms with E-state index in [2.05, 4.69) is 25.7 Å². The van der Waals surface area contributed by atoms with E-state index in [9.17, 15) is 0 Å². The van der Waals surface area contributed by atoms with E-state index < -0.39 is 0 Å². The summed E-state index contributed by atoms with van der Waals surface area (Å²) < 4.78 is 5.60. The first-order valence-electron chi connectivity index (χ1n) is 4.52. The van der Waals surface area contributed by atoms with Crippen LogP contribution in [-0.2, 0) is 4.74 Å². The van der Waals surface area contributed by atoms with E-state index in [1.54, 1.807) is 0 Å². The molecule has 3 nitrogen and oxygen atoms in total. The van der Waals surface area contributed by atoms with Gasteiger partial charge in [-0.25, -0.2) is 0 Å². The van der Waals surface area contributed by atoms with Gasteiger partial charge in [0.15, 0.2) is 0 Å². The Hall–Kier alpha value is -0.120. The second kappa shape index (κ2) is 3.73. The van der Waals surface area contributed by atoms with Gasteiger partial charge < -0.3 is 9.84 Å². The van der Waals surface area contributed by atoms with Gasteiger partial charge in [-0.15, -0.1) is 0 Å². The molecule has 1 aliphatic heterocycles. The van der Waals surface area contributed by atoms with Crippen LogP contribution in [0.3, 0.4) is 0 Å². The van der Waals surface area contributed by atoms with Crippen molar-refractivity contribution in [1.82, 2.24) is 4.90 Å². The molecule has 0 aromatic rings. The molecular weight excluding hydrogens is 154 g/mol. The van der Waals surface area contributed by atoms with Crippen molar-refractivity contribution in [2.75, 3.05) is 26.3 Å². The molecule has 1 aliphatic rings. The minimum Gasteiger partial charge on any atom is -0.395 e. The maximum atomic E-state index is 8.81. The smallest absolute Gasteiger partial charge is 0.115 e. The topological polar surface area (TPSA) is 32.7 Å². The molecule has 1 fully saturated rings. The average molecular weight is 173 g/mol. The zero-order valence-corrected chi connectivity index (χ0v) is 8.21. The van der Waals surface area contributed by atoms with Crippen molar-refractivity contribution in [1.29, 1.82) is 0 Å². The molecule has 0 aromatic carbocycles. The lowest BCUT2D eigenvalue weighted by Gasteiger charge is -2.32. The minimum absolute atomic E-state index is 0.145. The summed E-state index contributed by atoms with van der Waals surface area (Å²) in [7, 11) is 0. The third kappa shape index (κ3) is 2.19. The number of ether oxygens (including phenoxy) is 1. The molecule has 0 radical (unpaired) electrons. The van der Waals surface area contributed by atoms with Gasteiger partial charge in [0.1, 0.15) is 6.23 Å². The van der Waals surface area contributed by atoms with Crippen molar-refractivity contribution in [2.24, 2.45) is 5.41 Å². The molecule has 12 heavy (non-hydrogen) atoms. The van der Waals surface area contributed by atoms with Crippen LogP contribution in [0.1, 0.15) is 20.8 Å². The summed E-state index contributed by atoms with van der Waals surface area (Å²) in [4.78, 5) is 2.19. The van der Waals surface area contributed by atoms with Gasteiger partial charge in [-0.3, -0.25) is 4.90 Å². The molecule has 0 aliphatic carbocycles. The molecular formula is C9H19NO2. The molecule has 1 atom stereocenters. The van der Waals surface area contributed by atoms with Crippen molar-refractivity contribution in [3.8, 4) is 0 Å². The van der Waals surface area contributed by atoms with Crippen LogP contribution in [0.2, 0.25) is 0 Å². The van der Waals surface area contributed by atoms with Crippen LogP contribution in [0.15, 0.2) is 0 Å². The predicted molar refractivity (Wildman–Crippen MR) is 47.9 cm³/mol. The van der Waals surface area contributed by atoms with Crippen LogP contribution in [0.4, 0.5) is 0 Å². The normalized spacial score (nSPS) is 26.5. The number of aliphatic hydroxyl groups excluding tert-OH is 1. The van der Waals surface area contributed by atoms with Crippen molar-refractivity contribution in [3.05, 3.63) is 0 Å². The van der Waals surface area contributed by atoms with Gasteiger partial charge in [0, 0.05) is 18.5 Å². The molecule has 1 rings (SSSR count). The Morgan fingerprint density at radius 1 is 1.50 bits per heavy atom. The van der Waals surface area contributed by atoms with Gasteiger partial charge in [-0.2, -0.15) is 0 Å². The minimum atomic E-state index is 0.145. The molecule has 1 unspecified atom stereocenters. The van der Waals surface area contributed by atoms with E-state index in [0.29, 0.717) is 0 Å². The second-order valence-electron chi connectivity index (χ2n) is 4.35. The highest BCUT2D eigenvalue weighted by atomic mass is 16.5. The van der Waals surface area contributed by atoms with Crippen LogP contribution in [-0.4, -0.2) is 42.5 Å². The Balaban J connectivity index is 2.52. The van der Waals surface area contributed by atoms with Crippen LogP contribution in [0.25, 0.3) is 0 Å². The Labute approximate surface area is 74.3 Å². The van der Waals surface area contributed by atoms with Gasteiger partial charge >= 0.3 is 0 Å². The van der Waals surface area contributed by atoms with Crippen molar-refractivity contribution in [2.45, 2.75) is 27.0 Å². The highest BCUT2D eigenvalue weighted by molar-refractivity contribution is 4.79. The molecule has 0 amide bonds. The lowest BCUT2D eigenvalue weighted by molar-refractivity contribution is -0.0493. The maximum absolute atomic E-state index is 8.81. The van der Waals surface area contributed by atoms with Gasteiger partial charge in [-0.1, -0.05) is 20.8 Å². The first-order valence-corrected chi connectivity index (χ1v) is 4.52. The predicted octanol–water partition coefficient (Wildman–Crippen LogP) is 0.683. The Bertz CT molecular complexity index is 142. The summed E-state index contributed by atoms with van der Waals surface area (Å²) in [5, 5.41) is 8.81. The molecule has 3 heteroatoms. The monoisotopic (exact) mass is 173 g/mol. The van der Waals surface area contributed by atoms with E-state index in [1.165, 1.54) is 0 Å². The number of aliphatic hydroxyl groups is 1. The van der Waals surface area contributed by atoms with Crippen molar-refractivity contribution >= 4 is 0 Å². The number of hydrogen-bond acceptors (Lipinski definition) is 3. The van der Waals surface area contributed by atoms with E-state index in [0.717, 1.165) is 19.7 Å². The Kier molecular flexibility index (Phi) is 3.09. The average Bonchev–Trinajstić information content (AvgIpc) is 2.34. The van der Waals surface area contributed by atoms with Crippen LogP contribution in [0.5, 0.6) is 0 Å². The Morgan fingerprint density at radius 2 is 2.17 bits per heavy atom. The number of nitrogens with zero attached hydrogens (tertiary/aromatic N) is 1. The third-order valence-electron chi connectivity index (χ3n) is 2.11. The van der Waals surface area contributed by atoms with Crippen molar-refractivity contribution in [3.63, 3.8) is 0 Å². The lowest BCUT2D eigenvalue weighted by Crippen LogP contribution is -2.41. The quantitative estimate of drug-likeness (QED) is 0.666. The van der Waals surface area contributed by atoms with Crippen LogP contribution in [0, 0.1) is 5.41 Å². The molecule has 0 aromatic heterocycles. The fourth-order valence-electron chi connectivity index (χ4n) is 1.66. The molecule has 1 heterocycles. The van der Waals surface area contributed by atoms with Crippen LogP contribution < -0.4 is 0 Å². The second-order valence-corrected chi connectivity index (χ2v) is 4.35. The summed E-state index contributed by atoms with van der Waals surface area (Å²) in [5.41, 5.74) is 0.145. The SMILES string of the molecule is CC(C)(C)C1OCCN1CCO. The third-order valence-corrected chi connectivity index (χ3v) is 2.11. The standard InChI is InChI=1S/C9H19NO2/c1-9(2,3)8-10(4-6-11)5-7-12-8/h8,11H,4-7H2,1-3H3. The van der Waals surface area contributed by atoms with E-state index in [-0.39, 0.29) is 18.2 Å². The first kappa shape index (κ1) is 9.96. The molecule has 0 bridgehead atoms. The summed E-state index contributed by atoms with van der Waals surface area (Å²) in [6, 6.07) is 0. The first-order chi connectivity index (χ1) is 5.55. The Morgan fingerprint density at radius 3 is 2.67 bits per heavy atom. The zero-order chi connectivity index (χ0) is 9.19. The van der Waals surface area contributed by atoms with E-state index >= 15 is 0 Å². The van der Waals surface area contributed by atoms with Gasteiger partial charge in [0.05, 0.1) is 13.2 Å². The molecule has 1 N–H and O–H groups in total. The van der Waals surface area contributed by atoms with Gasteiger partial charge in [0.2, 0.25) is 0 Å². The van der Waals surface area contributed by atoms with E-state index in [4.69, 9.17) is 9.84 Å². The summed E-state index contributed by atoms with van der Waals surface area (Å²) >= 11 is 0. The van der Waals surface area contributed by atoms with E-state index in [1.807, 2.05) is 0 Å². The van der Waals surface area contributed by atoms with Crippen molar-refractivity contribution < 1.29 is 9.84 Å². The number of rotatable bonds is 2. The highest BCUT2D eigenvalue weighted by Gasteiger charge is 2.34. The lowest BCUT2D eigenvalue weighted by atomic mass is 9.93. The number of β-amino-alcohol motifs (C(OH)–C–C–N with tert-alkyl or cyclic N) is 1. The summed E-state index contributed by atoms with van der Waals surface area (Å²) in [6.45, 7) is 9.16. The number of hydrogen-bond donors (Lipinski definition) is 1. The highest BCUT2D eigenvalue weighted by Crippen LogP contribution is 2.28. The van der Waals surface area contributed by atoms with Gasteiger partial charge in [-0.05, 0) is 0 Å².